The molecule has 37 heavy (non-hydrogen) atoms. The van der Waals surface area contributed by atoms with Gasteiger partial charge in [0.2, 0.25) is 17.0 Å². The Morgan fingerprint density at radius 1 is 1.19 bits per heavy atom. The maximum absolute atomic E-state index is 14.0. The SMILES string of the molecule is CCOc1cc(/C=C2/SC(=O)N(CC(=O)Nc3cccc(Cl)c3)C2=O)ccc1Oc1nc(Cl)ncc1F. The van der Waals surface area contributed by atoms with E-state index in [1.165, 1.54) is 12.1 Å². The molecule has 1 N–H and O–H groups in total. The van der Waals surface area contributed by atoms with Crippen molar-refractivity contribution < 1.29 is 28.2 Å². The Morgan fingerprint density at radius 2 is 2.00 bits per heavy atom. The number of rotatable bonds is 8. The lowest BCUT2D eigenvalue weighted by atomic mass is 10.2. The van der Waals surface area contributed by atoms with Crippen LogP contribution in [-0.4, -0.2) is 45.1 Å². The van der Waals surface area contributed by atoms with Crippen molar-refractivity contribution in [3.05, 3.63) is 75.3 Å². The molecule has 0 spiro atoms. The average molecular weight is 563 g/mol. The predicted octanol–water partition coefficient (Wildman–Crippen LogP) is 5.79. The van der Waals surface area contributed by atoms with Crippen LogP contribution < -0.4 is 14.8 Å². The van der Waals surface area contributed by atoms with Crippen LogP contribution in [0, 0.1) is 5.82 Å². The van der Waals surface area contributed by atoms with Crippen LogP contribution in [-0.2, 0) is 9.59 Å². The second-order valence-corrected chi connectivity index (χ2v) is 9.13. The first-order valence-corrected chi connectivity index (χ1v) is 12.2. The molecule has 0 saturated carbocycles. The molecule has 1 aliphatic heterocycles. The molecule has 4 rings (SSSR count). The molecule has 1 aromatic heterocycles. The van der Waals surface area contributed by atoms with E-state index in [9.17, 15) is 18.8 Å². The van der Waals surface area contributed by atoms with Gasteiger partial charge in [-0.1, -0.05) is 23.7 Å². The van der Waals surface area contributed by atoms with Gasteiger partial charge in [-0.15, -0.1) is 0 Å². The monoisotopic (exact) mass is 562 g/mol. The van der Waals surface area contributed by atoms with Crippen LogP contribution in [0.15, 0.2) is 53.6 Å². The highest BCUT2D eigenvalue weighted by Crippen LogP contribution is 2.36. The predicted molar refractivity (Wildman–Crippen MR) is 137 cm³/mol. The summed E-state index contributed by atoms with van der Waals surface area (Å²) in [6.07, 6.45) is 2.36. The van der Waals surface area contributed by atoms with Gasteiger partial charge in [0.05, 0.1) is 17.7 Å². The van der Waals surface area contributed by atoms with Gasteiger partial charge in [0.1, 0.15) is 6.54 Å². The van der Waals surface area contributed by atoms with E-state index in [1.807, 2.05) is 0 Å². The second-order valence-electron chi connectivity index (χ2n) is 7.36. The van der Waals surface area contributed by atoms with Gasteiger partial charge in [-0.2, -0.15) is 9.37 Å². The molecule has 13 heteroatoms. The lowest BCUT2D eigenvalue weighted by Crippen LogP contribution is -2.36. The van der Waals surface area contributed by atoms with Crippen LogP contribution in [0.1, 0.15) is 12.5 Å². The van der Waals surface area contributed by atoms with E-state index in [2.05, 4.69) is 15.3 Å². The van der Waals surface area contributed by atoms with Gasteiger partial charge in [0.25, 0.3) is 17.0 Å². The van der Waals surface area contributed by atoms with E-state index in [4.69, 9.17) is 32.7 Å². The summed E-state index contributed by atoms with van der Waals surface area (Å²) in [5.74, 6) is -1.98. The molecule has 2 heterocycles. The molecular formula is C24H17Cl2FN4O5S. The van der Waals surface area contributed by atoms with Crippen LogP contribution in [0.2, 0.25) is 10.3 Å². The summed E-state index contributed by atoms with van der Waals surface area (Å²) in [5.41, 5.74) is 0.945. The minimum Gasteiger partial charge on any atom is -0.490 e. The van der Waals surface area contributed by atoms with E-state index in [-0.39, 0.29) is 34.2 Å². The summed E-state index contributed by atoms with van der Waals surface area (Å²) in [7, 11) is 0. The fraction of sp³-hybridized carbons (Fsp3) is 0.125. The van der Waals surface area contributed by atoms with Gasteiger partial charge in [-0.3, -0.25) is 19.3 Å². The number of amides is 3. The number of thioether (sulfide) groups is 1. The van der Waals surface area contributed by atoms with Crippen molar-refractivity contribution in [1.29, 1.82) is 0 Å². The standard InChI is InChI=1S/C24H17Cl2FN4O5S/c1-2-35-18-8-13(6-7-17(18)36-21-16(27)11-28-23(26)30-21)9-19-22(33)31(24(34)37-19)12-20(32)29-15-5-3-4-14(25)10-15/h3-11H,2,12H2,1H3,(H,29,32)/b19-9+. The topological polar surface area (TPSA) is 111 Å². The zero-order valence-corrected chi connectivity index (χ0v) is 21.4. The van der Waals surface area contributed by atoms with Crippen molar-refractivity contribution in [3.63, 3.8) is 0 Å². The van der Waals surface area contributed by atoms with Crippen molar-refractivity contribution in [1.82, 2.24) is 14.9 Å². The van der Waals surface area contributed by atoms with Crippen molar-refractivity contribution in [3.8, 4) is 17.4 Å². The first kappa shape index (κ1) is 26.4. The number of nitrogens with one attached hydrogen (secondary N) is 1. The molecule has 190 valence electrons. The number of nitrogens with zero attached hydrogens (tertiary/aromatic N) is 3. The number of hydrogen-bond donors (Lipinski definition) is 1. The number of hydrogen-bond acceptors (Lipinski definition) is 8. The number of carbonyl (C=O) groups excluding carboxylic acids is 3. The number of halogens is 3. The van der Waals surface area contributed by atoms with E-state index < -0.39 is 29.4 Å². The van der Waals surface area contributed by atoms with Crippen LogP contribution >= 0.6 is 35.0 Å². The highest BCUT2D eigenvalue weighted by molar-refractivity contribution is 8.18. The number of anilines is 1. The number of benzene rings is 2. The third-order valence-corrected chi connectivity index (χ3v) is 6.06. The van der Waals surface area contributed by atoms with Crippen LogP contribution in [0.5, 0.6) is 17.4 Å². The lowest BCUT2D eigenvalue weighted by molar-refractivity contribution is -0.127. The van der Waals surface area contributed by atoms with Gasteiger partial charge in [0, 0.05) is 10.7 Å². The number of imide groups is 1. The number of ether oxygens (including phenoxy) is 2. The fourth-order valence-corrected chi connectivity index (χ4v) is 4.33. The summed E-state index contributed by atoms with van der Waals surface area (Å²) in [6, 6.07) is 11.1. The lowest BCUT2D eigenvalue weighted by Gasteiger charge is -2.13. The number of carbonyl (C=O) groups is 3. The van der Waals surface area contributed by atoms with Gasteiger partial charge in [-0.05, 0) is 72.3 Å². The van der Waals surface area contributed by atoms with Crippen LogP contribution in [0.25, 0.3) is 6.08 Å². The van der Waals surface area contributed by atoms with Gasteiger partial charge >= 0.3 is 0 Å². The highest BCUT2D eigenvalue weighted by Gasteiger charge is 2.36. The first-order valence-electron chi connectivity index (χ1n) is 10.7. The average Bonchev–Trinajstić information content (AvgIpc) is 3.10. The molecular weight excluding hydrogens is 546 g/mol. The maximum atomic E-state index is 14.0. The minimum atomic E-state index is -0.816. The largest absolute Gasteiger partial charge is 0.490 e. The Labute approximate surface area is 224 Å². The molecule has 2 aromatic carbocycles. The Hall–Kier alpha value is -3.67. The Bertz CT molecular complexity index is 1420. The van der Waals surface area contributed by atoms with Crippen LogP contribution in [0.4, 0.5) is 14.9 Å². The molecule has 0 atom stereocenters. The minimum absolute atomic E-state index is 0.116. The summed E-state index contributed by atoms with van der Waals surface area (Å²) in [5, 5.41) is 2.25. The quantitative estimate of drug-likeness (QED) is 0.271. The molecule has 0 bridgehead atoms. The highest BCUT2D eigenvalue weighted by atomic mass is 35.5. The molecule has 3 aromatic rings. The first-order chi connectivity index (χ1) is 17.7. The van der Waals surface area contributed by atoms with Crippen molar-refractivity contribution in [2.24, 2.45) is 0 Å². The molecule has 1 saturated heterocycles. The molecule has 0 unspecified atom stereocenters. The second kappa shape index (κ2) is 11.6. The van der Waals surface area contributed by atoms with Crippen molar-refractivity contribution in [2.75, 3.05) is 18.5 Å². The summed E-state index contributed by atoms with van der Waals surface area (Å²) < 4.78 is 25.1. The Balaban J connectivity index is 1.50. The Morgan fingerprint density at radius 3 is 2.76 bits per heavy atom. The van der Waals surface area contributed by atoms with Crippen molar-refractivity contribution in [2.45, 2.75) is 6.92 Å². The third kappa shape index (κ3) is 6.56. The summed E-state index contributed by atoms with van der Waals surface area (Å²) in [6.45, 7) is 1.56. The normalized spacial score (nSPS) is 14.3. The van der Waals surface area contributed by atoms with E-state index in [0.717, 1.165) is 11.1 Å². The smallest absolute Gasteiger partial charge is 0.294 e. The van der Waals surface area contributed by atoms with Gasteiger partial charge in [0.15, 0.2) is 11.5 Å². The summed E-state index contributed by atoms with van der Waals surface area (Å²) >= 11 is 12.3. The number of aromatic nitrogens is 2. The van der Waals surface area contributed by atoms with Gasteiger partial charge < -0.3 is 14.8 Å². The van der Waals surface area contributed by atoms with Gasteiger partial charge in [-0.25, -0.2) is 4.98 Å². The fourth-order valence-electron chi connectivity index (χ4n) is 3.17. The van der Waals surface area contributed by atoms with E-state index >= 15 is 0 Å². The van der Waals surface area contributed by atoms with Crippen LogP contribution in [0.3, 0.4) is 0 Å². The molecule has 9 nitrogen and oxygen atoms in total. The maximum Gasteiger partial charge on any atom is 0.294 e. The zero-order valence-electron chi connectivity index (χ0n) is 19.0. The molecule has 0 radical (unpaired) electrons. The zero-order chi connectivity index (χ0) is 26.5. The molecule has 0 aliphatic carbocycles. The third-order valence-electron chi connectivity index (χ3n) is 4.74. The van der Waals surface area contributed by atoms with Crippen molar-refractivity contribution >= 4 is 63.8 Å². The summed E-state index contributed by atoms with van der Waals surface area (Å²) in [4.78, 5) is 45.9. The Kier molecular flexibility index (Phi) is 8.27. The van der Waals surface area contributed by atoms with E-state index in [1.54, 1.807) is 43.3 Å². The van der Waals surface area contributed by atoms with E-state index in [0.29, 0.717) is 28.0 Å². The molecule has 1 fully saturated rings. The molecule has 1 aliphatic rings. The molecule has 3 amide bonds.